The molecule has 86 valence electrons. The Balaban J connectivity index is 2.76. The topological polar surface area (TPSA) is 49.8 Å². The Morgan fingerprint density at radius 2 is 2.12 bits per heavy atom. The third-order valence-electron chi connectivity index (χ3n) is 3.01. The zero-order valence-electron chi connectivity index (χ0n) is 10.2. The van der Waals surface area contributed by atoms with Crippen molar-refractivity contribution in [3.63, 3.8) is 0 Å². The monoisotopic (exact) mass is 216 g/mol. The van der Waals surface area contributed by atoms with E-state index in [9.17, 15) is 0 Å². The fourth-order valence-corrected chi connectivity index (χ4v) is 1.95. The van der Waals surface area contributed by atoms with Crippen LogP contribution in [0.4, 0.5) is 0 Å². The first kappa shape index (κ1) is 12.7. The van der Waals surface area contributed by atoms with E-state index in [1.807, 2.05) is 25.1 Å². The number of benzene rings is 1. The van der Waals surface area contributed by atoms with Crippen molar-refractivity contribution >= 4 is 0 Å². The van der Waals surface area contributed by atoms with E-state index in [-0.39, 0.29) is 6.04 Å². The van der Waals surface area contributed by atoms with Crippen molar-refractivity contribution in [3.05, 3.63) is 34.9 Å². The zero-order chi connectivity index (χ0) is 12.0. The summed E-state index contributed by atoms with van der Waals surface area (Å²) >= 11 is 0. The van der Waals surface area contributed by atoms with Gasteiger partial charge < -0.3 is 5.73 Å². The second-order valence-electron chi connectivity index (χ2n) is 4.23. The van der Waals surface area contributed by atoms with E-state index in [0.29, 0.717) is 0 Å². The van der Waals surface area contributed by atoms with Crippen LogP contribution in [0, 0.1) is 18.3 Å². The van der Waals surface area contributed by atoms with Gasteiger partial charge in [-0.15, -0.1) is 0 Å². The number of nitrogens with zero attached hydrogens (tertiary/aromatic N) is 1. The summed E-state index contributed by atoms with van der Waals surface area (Å²) in [5.74, 6) is 0. The van der Waals surface area contributed by atoms with Crippen LogP contribution in [0.5, 0.6) is 0 Å². The van der Waals surface area contributed by atoms with Crippen molar-refractivity contribution in [1.82, 2.24) is 0 Å². The first-order valence-corrected chi connectivity index (χ1v) is 5.95. The minimum absolute atomic E-state index is 0.0693. The fourth-order valence-electron chi connectivity index (χ4n) is 1.95. The van der Waals surface area contributed by atoms with Crippen molar-refractivity contribution in [2.75, 3.05) is 0 Å². The highest BCUT2D eigenvalue weighted by atomic mass is 14.6. The van der Waals surface area contributed by atoms with Gasteiger partial charge in [0.1, 0.15) is 0 Å². The van der Waals surface area contributed by atoms with Gasteiger partial charge in [-0.2, -0.15) is 5.26 Å². The summed E-state index contributed by atoms with van der Waals surface area (Å²) in [5.41, 5.74) is 9.05. The van der Waals surface area contributed by atoms with E-state index < -0.39 is 0 Å². The van der Waals surface area contributed by atoms with Gasteiger partial charge in [0, 0.05) is 6.04 Å². The first-order chi connectivity index (χ1) is 7.70. The average molecular weight is 216 g/mol. The smallest absolute Gasteiger partial charge is 0.0994 e. The van der Waals surface area contributed by atoms with Crippen molar-refractivity contribution in [3.8, 4) is 6.07 Å². The van der Waals surface area contributed by atoms with Gasteiger partial charge in [-0.1, -0.05) is 38.3 Å². The maximum atomic E-state index is 8.95. The predicted molar refractivity (Wildman–Crippen MR) is 67.0 cm³/mol. The predicted octanol–water partition coefficient (Wildman–Crippen LogP) is 3.45. The van der Waals surface area contributed by atoms with Crippen LogP contribution in [-0.2, 0) is 0 Å². The van der Waals surface area contributed by atoms with E-state index in [1.54, 1.807) is 0 Å². The van der Waals surface area contributed by atoms with Gasteiger partial charge in [0.25, 0.3) is 0 Å². The van der Waals surface area contributed by atoms with Gasteiger partial charge in [-0.25, -0.2) is 0 Å². The summed E-state index contributed by atoms with van der Waals surface area (Å²) in [5, 5.41) is 8.95. The largest absolute Gasteiger partial charge is 0.324 e. The molecule has 0 saturated heterocycles. The van der Waals surface area contributed by atoms with Crippen LogP contribution in [0.15, 0.2) is 18.2 Å². The molecule has 0 heterocycles. The lowest BCUT2D eigenvalue weighted by Crippen LogP contribution is -2.12. The van der Waals surface area contributed by atoms with E-state index in [0.717, 1.165) is 29.5 Å². The van der Waals surface area contributed by atoms with Gasteiger partial charge in [0.2, 0.25) is 0 Å². The van der Waals surface area contributed by atoms with Crippen LogP contribution in [0.25, 0.3) is 0 Å². The normalized spacial score (nSPS) is 12.1. The summed E-state index contributed by atoms with van der Waals surface area (Å²) in [4.78, 5) is 0. The number of nitrogens with two attached hydrogens (primary N) is 1. The molecule has 0 aromatic heterocycles. The minimum Gasteiger partial charge on any atom is -0.324 e. The third-order valence-corrected chi connectivity index (χ3v) is 3.01. The first-order valence-electron chi connectivity index (χ1n) is 5.95. The highest BCUT2D eigenvalue weighted by molar-refractivity contribution is 5.43. The second-order valence-corrected chi connectivity index (χ2v) is 4.23. The maximum Gasteiger partial charge on any atom is 0.0994 e. The number of hydrogen-bond acceptors (Lipinski definition) is 2. The number of unbranched alkanes of at least 4 members (excludes halogenated alkanes) is 2. The van der Waals surface area contributed by atoms with E-state index in [1.165, 1.54) is 12.8 Å². The number of rotatable bonds is 5. The summed E-state index contributed by atoms with van der Waals surface area (Å²) < 4.78 is 0. The van der Waals surface area contributed by atoms with E-state index in [4.69, 9.17) is 11.0 Å². The van der Waals surface area contributed by atoms with Gasteiger partial charge in [0.15, 0.2) is 0 Å². The second kappa shape index (κ2) is 6.30. The van der Waals surface area contributed by atoms with Crippen molar-refractivity contribution in [2.45, 2.75) is 45.6 Å². The Hall–Kier alpha value is -1.33. The molecule has 1 rings (SSSR count). The number of hydrogen-bond donors (Lipinski definition) is 1. The lowest BCUT2D eigenvalue weighted by molar-refractivity contribution is 0.579. The molecule has 16 heavy (non-hydrogen) atoms. The molecular formula is C14H20N2. The summed E-state index contributed by atoms with van der Waals surface area (Å²) in [6, 6.07) is 8.07. The van der Waals surface area contributed by atoms with Gasteiger partial charge in [-0.3, -0.25) is 0 Å². The lowest BCUT2D eigenvalue weighted by Gasteiger charge is -2.15. The van der Waals surface area contributed by atoms with Crippen molar-refractivity contribution < 1.29 is 0 Å². The molecule has 0 spiro atoms. The van der Waals surface area contributed by atoms with Crippen LogP contribution in [0.3, 0.4) is 0 Å². The molecule has 0 fully saturated rings. The SMILES string of the molecule is CCCCCC(N)c1cccc(C#N)c1C. The Bertz CT molecular complexity index is 377. The van der Waals surface area contributed by atoms with Crippen LogP contribution in [0.1, 0.15) is 55.3 Å². The molecule has 0 aliphatic heterocycles. The van der Waals surface area contributed by atoms with Gasteiger partial charge in [0.05, 0.1) is 11.6 Å². The Morgan fingerprint density at radius 3 is 2.75 bits per heavy atom. The molecule has 1 atom stereocenters. The lowest BCUT2D eigenvalue weighted by atomic mass is 9.94. The van der Waals surface area contributed by atoms with E-state index >= 15 is 0 Å². The molecule has 2 N–H and O–H groups in total. The van der Waals surface area contributed by atoms with Gasteiger partial charge in [-0.05, 0) is 30.5 Å². The molecule has 1 aromatic carbocycles. The third kappa shape index (κ3) is 3.08. The minimum atomic E-state index is 0.0693. The molecule has 0 aliphatic carbocycles. The molecule has 0 saturated carbocycles. The average Bonchev–Trinajstić information content (AvgIpc) is 2.29. The quantitative estimate of drug-likeness (QED) is 0.766. The highest BCUT2D eigenvalue weighted by Crippen LogP contribution is 2.22. The molecule has 0 bridgehead atoms. The summed E-state index contributed by atoms with van der Waals surface area (Å²) in [6.07, 6.45) is 4.60. The zero-order valence-corrected chi connectivity index (χ0v) is 10.2. The highest BCUT2D eigenvalue weighted by Gasteiger charge is 2.10. The number of nitriles is 1. The fraction of sp³-hybridized carbons (Fsp3) is 0.500. The molecule has 2 nitrogen and oxygen atoms in total. The maximum absolute atomic E-state index is 8.95. The van der Waals surface area contributed by atoms with Crippen molar-refractivity contribution in [2.24, 2.45) is 5.73 Å². The Morgan fingerprint density at radius 1 is 1.38 bits per heavy atom. The summed E-state index contributed by atoms with van der Waals surface area (Å²) in [6.45, 7) is 4.17. The molecule has 1 unspecified atom stereocenters. The van der Waals surface area contributed by atoms with Gasteiger partial charge >= 0.3 is 0 Å². The molecule has 1 aromatic rings. The molecule has 0 radical (unpaired) electrons. The Labute approximate surface area is 98.1 Å². The van der Waals surface area contributed by atoms with Crippen LogP contribution >= 0.6 is 0 Å². The van der Waals surface area contributed by atoms with Crippen molar-refractivity contribution in [1.29, 1.82) is 5.26 Å². The molecule has 0 aliphatic rings. The van der Waals surface area contributed by atoms with E-state index in [2.05, 4.69) is 13.0 Å². The van der Waals surface area contributed by atoms with Crippen LogP contribution < -0.4 is 5.73 Å². The molecular weight excluding hydrogens is 196 g/mol. The van der Waals surface area contributed by atoms with Crippen LogP contribution in [0.2, 0.25) is 0 Å². The van der Waals surface area contributed by atoms with Crippen LogP contribution in [-0.4, -0.2) is 0 Å². The summed E-state index contributed by atoms with van der Waals surface area (Å²) in [7, 11) is 0. The standard InChI is InChI=1S/C14H20N2/c1-3-4-5-9-14(16)13-8-6-7-12(10-15)11(13)2/h6-8,14H,3-5,9,16H2,1-2H3. The molecule has 2 heteroatoms. The molecule has 0 amide bonds. The Kier molecular flexibility index (Phi) is 5.01.